The van der Waals surface area contributed by atoms with Crippen molar-refractivity contribution >= 4 is 16.8 Å². The van der Waals surface area contributed by atoms with Crippen molar-refractivity contribution in [2.45, 2.75) is 52.2 Å². The first-order chi connectivity index (χ1) is 15.0. The fourth-order valence-electron chi connectivity index (χ4n) is 3.58. The lowest BCUT2D eigenvalue weighted by molar-refractivity contribution is -0.0470. The number of phenols is 2. The van der Waals surface area contributed by atoms with Crippen LogP contribution in [0.1, 0.15) is 50.0 Å². The minimum Gasteiger partial charge on any atom is -0.507 e. The average molecular weight is 440 g/mol. The van der Waals surface area contributed by atoms with Crippen molar-refractivity contribution in [3.8, 4) is 22.6 Å². The predicted octanol–water partition coefficient (Wildman–Crippen LogP) is 3.77. The van der Waals surface area contributed by atoms with Gasteiger partial charge >= 0.3 is 5.63 Å². The Bertz CT molecular complexity index is 1200. The van der Waals surface area contributed by atoms with Gasteiger partial charge in [-0.3, -0.25) is 4.79 Å². The first kappa shape index (κ1) is 23.5. The third kappa shape index (κ3) is 4.26. The summed E-state index contributed by atoms with van der Waals surface area (Å²) < 4.78 is 5.37. The molecule has 0 bridgehead atoms. The number of fused-ring (bicyclic) bond motifs is 1. The molecular formula is C25H28O7. The Morgan fingerprint density at radius 1 is 1.12 bits per heavy atom. The quantitative estimate of drug-likeness (QED) is 0.325. The maximum atomic E-state index is 13.1. The summed E-state index contributed by atoms with van der Waals surface area (Å²) in [5.74, 6) is -2.04. The van der Waals surface area contributed by atoms with Gasteiger partial charge in [-0.1, -0.05) is 44.2 Å². The summed E-state index contributed by atoms with van der Waals surface area (Å²) in [5.41, 5.74) is -1.81. The first-order valence-electron chi connectivity index (χ1n) is 10.5. The molecule has 0 unspecified atom stereocenters. The van der Waals surface area contributed by atoms with E-state index in [9.17, 15) is 30.0 Å². The molecule has 2 aromatic carbocycles. The van der Waals surface area contributed by atoms with Crippen LogP contribution in [0, 0.1) is 5.92 Å². The fraction of sp³-hybridized carbons (Fsp3) is 0.360. The van der Waals surface area contributed by atoms with Crippen LogP contribution < -0.4 is 5.63 Å². The number of phenolic OH excluding ortho intramolecular Hbond substituents is 2. The van der Waals surface area contributed by atoms with Gasteiger partial charge in [0.2, 0.25) is 0 Å². The van der Waals surface area contributed by atoms with E-state index in [2.05, 4.69) is 0 Å². The Morgan fingerprint density at radius 2 is 1.75 bits per heavy atom. The molecule has 7 nitrogen and oxygen atoms in total. The Kier molecular flexibility index (Phi) is 6.44. The highest BCUT2D eigenvalue weighted by Gasteiger charge is 2.33. The molecule has 1 aromatic heterocycles. The normalized spacial score (nSPS) is 13.8. The summed E-state index contributed by atoms with van der Waals surface area (Å²) in [6, 6.07) is 10.0. The number of carbonyl (C=O) groups excluding carboxylic acids is 1. The van der Waals surface area contributed by atoms with Gasteiger partial charge in [0.15, 0.2) is 5.78 Å². The standard InChI is InChI=1S/C25H28O7/c1-5-13(2)21(28)20-22(29)16(11-17(26)25(3,4)31)24-19(23(20)30)15(12-18(27)32-24)14-9-7-6-8-10-14/h6-10,12-13,17,26,29-31H,5,11H2,1-4H3/t13-,17+/m0/s1. The minimum atomic E-state index is -1.53. The predicted molar refractivity (Wildman–Crippen MR) is 121 cm³/mol. The van der Waals surface area contributed by atoms with E-state index in [0.29, 0.717) is 17.5 Å². The summed E-state index contributed by atoms with van der Waals surface area (Å²) in [7, 11) is 0. The highest BCUT2D eigenvalue weighted by Crippen LogP contribution is 2.45. The second-order valence-electron chi connectivity index (χ2n) is 8.65. The van der Waals surface area contributed by atoms with E-state index in [1.807, 2.05) is 6.92 Å². The lowest BCUT2D eigenvalue weighted by atomic mass is 9.87. The number of aromatic hydroxyl groups is 2. The maximum absolute atomic E-state index is 13.1. The first-order valence-corrected chi connectivity index (χ1v) is 10.5. The molecule has 0 radical (unpaired) electrons. The average Bonchev–Trinajstić information content (AvgIpc) is 2.75. The molecule has 0 aliphatic heterocycles. The zero-order valence-corrected chi connectivity index (χ0v) is 18.5. The number of carbonyl (C=O) groups is 1. The fourth-order valence-corrected chi connectivity index (χ4v) is 3.58. The molecule has 170 valence electrons. The van der Waals surface area contributed by atoms with Crippen LogP contribution in [0.2, 0.25) is 0 Å². The van der Waals surface area contributed by atoms with E-state index in [0.717, 1.165) is 0 Å². The summed E-state index contributed by atoms with van der Waals surface area (Å²) >= 11 is 0. The second-order valence-corrected chi connectivity index (χ2v) is 8.65. The van der Waals surface area contributed by atoms with Gasteiger partial charge in [-0.25, -0.2) is 4.79 Å². The van der Waals surface area contributed by atoms with Gasteiger partial charge in [-0.05, 0) is 25.8 Å². The Balaban J connectivity index is 2.47. The molecule has 0 saturated heterocycles. The van der Waals surface area contributed by atoms with Crippen LogP contribution in [0.4, 0.5) is 0 Å². The molecule has 4 N–H and O–H groups in total. The van der Waals surface area contributed by atoms with Crippen molar-refractivity contribution in [1.82, 2.24) is 0 Å². The van der Waals surface area contributed by atoms with Gasteiger partial charge in [0, 0.05) is 29.5 Å². The van der Waals surface area contributed by atoms with Gasteiger partial charge in [-0.2, -0.15) is 0 Å². The molecule has 0 aliphatic carbocycles. The summed E-state index contributed by atoms with van der Waals surface area (Å²) in [5, 5.41) is 43.0. The van der Waals surface area contributed by atoms with Crippen molar-refractivity contribution in [2.75, 3.05) is 0 Å². The van der Waals surface area contributed by atoms with Gasteiger partial charge in [-0.15, -0.1) is 0 Å². The SMILES string of the molecule is CC[C@H](C)C(=O)c1c(O)c(C[C@@H](O)C(C)(C)O)c2oc(=O)cc(-c3ccccc3)c2c1O. The third-order valence-electron chi connectivity index (χ3n) is 5.84. The monoisotopic (exact) mass is 440 g/mol. The summed E-state index contributed by atoms with van der Waals surface area (Å²) in [6.45, 7) is 6.29. The Morgan fingerprint density at radius 3 is 2.31 bits per heavy atom. The maximum Gasteiger partial charge on any atom is 0.336 e. The number of hydrogen-bond donors (Lipinski definition) is 4. The van der Waals surface area contributed by atoms with Crippen LogP contribution in [-0.2, 0) is 6.42 Å². The van der Waals surface area contributed by atoms with E-state index in [4.69, 9.17) is 4.42 Å². The zero-order chi connectivity index (χ0) is 23.8. The third-order valence-corrected chi connectivity index (χ3v) is 5.84. The van der Waals surface area contributed by atoms with Crippen molar-refractivity contribution in [3.63, 3.8) is 0 Å². The number of aliphatic hydroxyl groups excluding tert-OH is 1. The van der Waals surface area contributed by atoms with E-state index in [-0.39, 0.29) is 28.5 Å². The van der Waals surface area contributed by atoms with Crippen LogP contribution >= 0.6 is 0 Å². The van der Waals surface area contributed by atoms with E-state index >= 15 is 0 Å². The lowest BCUT2D eigenvalue weighted by Crippen LogP contribution is -2.37. The zero-order valence-electron chi connectivity index (χ0n) is 18.5. The van der Waals surface area contributed by atoms with Crippen molar-refractivity contribution in [2.24, 2.45) is 5.92 Å². The van der Waals surface area contributed by atoms with Crippen LogP contribution in [0.15, 0.2) is 45.6 Å². The van der Waals surface area contributed by atoms with Crippen molar-refractivity contribution < 1.29 is 29.6 Å². The van der Waals surface area contributed by atoms with E-state index < -0.39 is 40.5 Å². The second kappa shape index (κ2) is 8.76. The van der Waals surface area contributed by atoms with Crippen LogP contribution in [0.3, 0.4) is 0 Å². The highest BCUT2D eigenvalue weighted by atomic mass is 16.4. The van der Waals surface area contributed by atoms with Crippen LogP contribution in [0.5, 0.6) is 11.5 Å². The molecule has 2 atom stereocenters. The molecule has 0 aliphatic rings. The molecule has 7 heteroatoms. The number of ketones is 1. The van der Waals surface area contributed by atoms with Crippen molar-refractivity contribution in [3.05, 3.63) is 57.9 Å². The van der Waals surface area contributed by atoms with Gasteiger partial charge < -0.3 is 24.8 Å². The lowest BCUT2D eigenvalue weighted by Gasteiger charge is -2.26. The molecule has 0 spiro atoms. The Labute approximate surface area is 185 Å². The molecule has 3 aromatic rings. The van der Waals surface area contributed by atoms with Crippen LogP contribution in [-0.4, -0.2) is 37.9 Å². The molecular weight excluding hydrogens is 412 g/mol. The summed E-state index contributed by atoms with van der Waals surface area (Å²) in [4.78, 5) is 25.5. The number of rotatable bonds is 7. The summed E-state index contributed by atoms with van der Waals surface area (Å²) in [6.07, 6.45) is -1.18. The number of Topliss-reactive ketones (excluding diaryl/α,β-unsaturated/α-hetero) is 1. The molecule has 0 saturated carbocycles. The molecule has 3 rings (SSSR count). The van der Waals surface area contributed by atoms with Crippen LogP contribution in [0.25, 0.3) is 22.1 Å². The largest absolute Gasteiger partial charge is 0.507 e. The van der Waals surface area contributed by atoms with Crippen molar-refractivity contribution in [1.29, 1.82) is 0 Å². The van der Waals surface area contributed by atoms with Gasteiger partial charge in [0.25, 0.3) is 0 Å². The number of benzene rings is 2. The smallest absolute Gasteiger partial charge is 0.336 e. The number of hydrogen-bond acceptors (Lipinski definition) is 7. The minimum absolute atomic E-state index is 0.0334. The number of aliphatic hydroxyl groups is 2. The molecule has 0 fully saturated rings. The molecule has 0 amide bonds. The molecule has 32 heavy (non-hydrogen) atoms. The van der Waals surface area contributed by atoms with Gasteiger partial charge in [0.05, 0.1) is 17.1 Å². The van der Waals surface area contributed by atoms with E-state index in [1.165, 1.54) is 19.9 Å². The molecule has 1 heterocycles. The Hall–Kier alpha value is -3.16. The van der Waals surface area contributed by atoms with E-state index in [1.54, 1.807) is 37.3 Å². The highest BCUT2D eigenvalue weighted by molar-refractivity contribution is 6.11. The van der Waals surface area contributed by atoms with Gasteiger partial charge in [0.1, 0.15) is 22.6 Å². The topological polar surface area (TPSA) is 128 Å².